The van der Waals surface area contributed by atoms with Gasteiger partial charge >= 0.3 is 5.97 Å². The summed E-state index contributed by atoms with van der Waals surface area (Å²) >= 11 is 0. The van der Waals surface area contributed by atoms with Crippen molar-refractivity contribution in [1.29, 1.82) is 0 Å². The van der Waals surface area contributed by atoms with Crippen LogP contribution >= 0.6 is 0 Å². The minimum absolute atomic E-state index is 0.407. The Bertz CT molecular complexity index is 263. The van der Waals surface area contributed by atoms with E-state index in [1.807, 2.05) is 0 Å². The predicted molar refractivity (Wildman–Crippen MR) is 41.0 cm³/mol. The summed E-state index contributed by atoms with van der Waals surface area (Å²) in [5.74, 6) is -0.518. The van der Waals surface area contributed by atoms with Gasteiger partial charge in [0.1, 0.15) is 6.04 Å². The van der Waals surface area contributed by atoms with Gasteiger partial charge in [-0.2, -0.15) is 10.2 Å². The van der Waals surface area contributed by atoms with Gasteiger partial charge in [0.25, 0.3) is 0 Å². The fraction of sp³-hybridized carbons (Fsp3) is 0.286. The fourth-order valence-corrected chi connectivity index (χ4v) is 0.727. The maximum absolute atomic E-state index is 10.9. The van der Waals surface area contributed by atoms with Crippen LogP contribution in [0.15, 0.2) is 18.3 Å². The summed E-state index contributed by atoms with van der Waals surface area (Å²) in [6, 6.07) is 2.43. The first-order valence-electron chi connectivity index (χ1n) is 3.36. The summed E-state index contributed by atoms with van der Waals surface area (Å²) in [4.78, 5) is 10.9. The van der Waals surface area contributed by atoms with E-state index in [9.17, 15) is 4.79 Å². The molecule has 2 N–H and O–H groups in total. The second-order valence-corrected chi connectivity index (χ2v) is 2.15. The Balaban J connectivity index is 2.78. The quantitative estimate of drug-likeness (QED) is 0.609. The lowest BCUT2D eigenvalue weighted by Crippen LogP contribution is -2.23. The molecular weight excluding hydrogens is 158 g/mol. The van der Waals surface area contributed by atoms with Gasteiger partial charge in [-0.25, -0.2) is 4.79 Å². The molecule has 1 aromatic rings. The lowest BCUT2D eigenvalue weighted by Gasteiger charge is -2.06. The Morgan fingerprint density at radius 3 is 3.00 bits per heavy atom. The molecule has 0 aromatic carbocycles. The van der Waals surface area contributed by atoms with Gasteiger partial charge in [0.05, 0.1) is 12.8 Å². The van der Waals surface area contributed by atoms with Crippen LogP contribution in [0.2, 0.25) is 0 Å². The third-order valence-corrected chi connectivity index (χ3v) is 1.37. The van der Waals surface area contributed by atoms with E-state index in [-0.39, 0.29) is 0 Å². The molecule has 0 saturated heterocycles. The largest absolute Gasteiger partial charge is 0.468 e. The van der Waals surface area contributed by atoms with Gasteiger partial charge in [-0.15, -0.1) is 0 Å². The SMILES string of the molecule is COC(=O)C(N)c1cccnn1. The number of esters is 1. The molecule has 1 unspecified atom stereocenters. The first kappa shape index (κ1) is 8.61. The normalized spacial score (nSPS) is 12.2. The van der Waals surface area contributed by atoms with Crippen LogP contribution in [0.5, 0.6) is 0 Å². The van der Waals surface area contributed by atoms with Gasteiger partial charge in [-0.05, 0) is 12.1 Å². The van der Waals surface area contributed by atoms with E-state index in [2.05, 4.69) is 14.9 Å². The molecule has 1 rings (SSSR count). The van der Waals surface area contributed by atoms with Crippen molar-refractivity contribution in [3.8, 4) is 0 Å². The van der Waals surface area contributed by atoms with Crippen LogP contribution in [0.1, 0.15) is 11.7 Å². The van der Waals surface area contributed by atoms with Gasteiger partial charge in [0, 0.05) is 6.20 Å². The zero-order chi connectivity index (χ0) is 8.97. The Labute approximate surface area is 69.5 Å². The maximum atomic E-state index is 10.9. The number of nitrogens with two attached hydrogens (primary N) is 1. The summed E-state index contributed by atoms with van der Waals surface area (Å²) in [7, 11) is 1.28. The van der Waals surface area contributed by atoms with Crippen LogP contribution in [-0.4, -0.2) is 23.3 Å². The summed E-state index contributed by atoms with van der Waals surface area (Å²) in [5.41, 5.74) is 5.88. The van der Waals surface area contributed by atoms with Gasteiger partial charge in [0.15, 0.2) is 0 Å². The Hall–Kier alpha value is -1.49. The monoisotopic (exact) mass is 167 g/mol. The lowest BCUT2D eigenvalue weighted by atomic mass is 10.2. The highest BCUT2D eigenvalue weighted by Gasteiger charge is 2.16. The Morgan fingerprint density at radius 2 is 2.50 bits per heavy atom. The molecule has 0 amide bonds. The van der Waals surface area contributed by atoms with E-state index in [1.165, 1.54) is 13.3 Å². The minimum Gasteiger partial charge on any atom is -0.468 e. The van der Waals surface area contributed by atoms with E-state index in [4.69, 9.17) is 5.73 Å². The van der Waals surface area contributed by atoms with E-state index in [1.54, 1.807) is 12.1 Å². The highest BCUT2D eigenvalue weighted by molar-refractivity contribution is 5.76. The fourth-order valence-electron chi connectivity index (χ4n) is 0.727. The molecule has 5 nitrogen and oxygen atoms in total. The van der Waals surface area contributed by atoms with Gasteiger partial charge in [0.2, 0.25) is 0 Å². The molecule has 0 saturated carbocycles. The number of carbonyl (C=O) groups is 1. The van der Waals surface area contributed by atoms with Crippen LogP contribution in [0.3, 0.4) is 0 Å². The molecule has 1 aromatic heterocycles. The van der Waals surface area contributed by atoms with Crippen LogP contribution in [0, 0.1) is 0 Å². The molecule has 0 bridgehead atoms. The molecule has 0 radical (unpaired) electrons. The third kappa shape index (κ3) is 1.76. The number of nitrogens with zero attached hydrogens (tertiary/aromatic N) is 2. The highest BCUT2D eigenvalue weighted by Crippen LogP contribution is 2.05. The summed E-state index contributed by atoms with van der Waals surface area (Å²) in [6.45, 7) is 0. The van der Waals surface area contributed by atoms with Crippen LogP contribution in [-0.2, 0) is 9.53 Å². The number of carbonyl (C=O) groups excluding carboxylic acids is 1. The van der Waals surface area contributed by atoms with Crippen molar-refractivity contribution >= 4 is 5.97 Å². The van der Waals surface area contributed by atoms with Crippen molar-refractivity contribution in [3.05, 3.63) is 24.0 Å². The number of hydrogen-bond acceptors (Lipinski definition) is 5. The standard InChI is InChI=1S/C7H9N3O2/c1-12-7(11)6(8)5-3-2-4-9-10-5/h2-4,6H,8H2,1H3. The van der Waals surface area contributed by atoms with Gasteiger partial charge in [-0.1, -0.05) is 0 Å². The molecule has 0 aliphatic heterocycles. The average Bonchev–Trinajstić information content (AvgIpc) is 2.17. The molecule has 0 aliphatic rings. The molecule has 64 valence electrons. The molecule has 0 spiro atoms. The molecule has 1 atom stereocenters. The van der Waals surface area contributed by atoms with Crippen LogP contribution in [0.25, 0.3) is 0 Å². The molecular formula is C7H9N3O2. The van der Waals surface area contributed by atoms with Crippen molar-refractivity contribution in [2.75, 3.05) is 7.11 Å². The highest BCUT2D eigenvalue weighted by atomic mass is 16.5. The second kappa shape index (κ2) is 3.77. The van der Waals surface area contributed by atoms with Crippen LogP contribution in [0.4, 0.5) is 0 Å². The molecule has 5 heteroatoms. The smallest absolute Gasteiger partial charge is 0.328 e. The van der Waals surface area contributed by atoms with Crippen molar-refractivity contribution in [1.82, 2.24) is 10.2 Å². The molecule has 12 heavy (non-hydrogen) atoms. The zero-order valence-electron chi connectivity index (χ0n) is 6.60. The van der Waals surface area contributed by atoms with E-state index < -0.39 is 12.0 Å². The molecule has 1 heterocycles. The third-order valence-electron chi connectivity index (χ3n) is 1.37. The van der Waals surface area contributed by atoms with Crippen LogP contribution < -0.4 is 5.73 Å². The number of rotatable bonds is 2. The first-order valence-corrected chi connectivity index (χ1v) is 3.36. The predicted octanol–water partition coefficient (Wildman–Crippen LogP) is -0.351. The van der Waals surface area contributed by atoms with Gasteiger partial charge < -0.3 is 10.5 Å². The number of aromatic nitrogens is 2. The molecule has 0 aliphatic carbocycles. The van der Waals surface area contributed by atoms with Gasteiger partial charge in [-0.3, -0.25) is 0 Å². The Kier molecular flexibility index (Phi) is 2.71. The Morgan fingerprint density at radius 1 is 1.75 bits per heavy atom. The second-order valence-electron chi connectivity index (χ2n) is 2.15. The van der Waals surface area contributed by atoms with Crippen molar-refractivity contribution in [2.24, 2.45) is 5.73 Å². The van der Waals surface area contributed by atoms with E-state index >= 15 is 0 Å². The minimum atomic E-state index is -0.844. The number of methoxy groups -OCH3 is 1. The first-order chi connectivity index (χ1) is 5.75. The van der Waals surface area contributed by atoms with E-state index in [0.717, 1.165) is 0 Å². The summed E-state index contributed by atoms with van der Waals surface area (Å²) in [5, 5.41) is 7.26. The number of hydrogen-bond donors (Lipinski definition) is 1. The lowest BCUT2D eigenvalue weighted by molar-refractivity contribution is -0.142. The van der Waals surface area contributed by atoms with Crippen molar-refractivity contribution < 1.29 is 9.53 Å². The summed E-state index contributed by atoms with van der Waals surface area (Å²) < 4.78 is 4.43. The zero-order valence-corrected chi connectivity index (χ0v) is 6.60. The maximum Gasteiger partial charge on any atom is 0.328 e. The van der Waals surface area contributed by atoms with Crippen molar-refractivity contribution in [3.63, 3.8) is 0 Å². The average molecular weight is 167 g/mol. The molecule has 0 fully saturated rings. The topological polar surface area (TPSA) is 78.1 Å². The van der Waals surface area contributed by atoms with E-state index in [0.29, 0.717) is 5.69 Å². The summed E-state index contributed by atoms with van der Waals surface area (Å²) in [6.07, 6.45) is 1.51. The van der Waals surface area contributed by atoms with Crippen molar-refractivity contribution in [2.45, 2.75) is 6.04 Å². The number of ether oxygens (including phenoxy) is 1.